The smallest absolute Gasteiger partial charge is 0.00617 e. The molecule has 0 aliphatic rings. The van der Waals surface area contributed by atoms with Crippen LogP contribution in [0.4, 0.5) is 0 Å². The van der Waals surface area contributed by atoms with Crippen LogP contribution in [0.3, 0.4) is 0 Å². The fourth-order valence-electron chi connectivity index (χ4n) is 1.33. The first-order chi connectivity index (χ1) is 6.35. The van der Waals surface area contributed by atoms with Crippen molar-refractivity contribution in [1.29, 1.82) is 0 Å². The van der Waals surface area contributed by atoms with Crippen molar-refractivity contribution in [3.63, 3.8) is 0 Å². The van der Waals surface area contributed by atoms with Crippen molar-refractivity contribution in [2.45, 2.75) is 52.0 Å². The lowest BCUT2D eigenvalue weighted by Gasteiger charge is -2.12. The zero-order valence-corrected chi connectivity index (χ0v) is 10.3. The number of unbranched alkanes of at least 4 members (excludes halogenated alkanes) is 1. The summed E-state index contributed by atoms with van der Waals surface area (Å²) in [4.78, 5) is 0. The van der Waals surface area contributed by atoms with E-state index in [2.05, 4.69) is 38.0 Å². The van der Waals surface area contributed by atoms with E-state index in [1.54, 1.807) is 0 Å². The summed E-state index contributed by atoms with van der Waals surface area (Å²) in [6.45, 7) is 4.51. The van der Waals surface area contributed by atoms with E-state index in [0.29, 0.717) is 0 Å². The molecule has 0 aromatic rings. The topological polar surface area (TPSA) is 12.0 Å². The van der Waals surface area contributed by atoms with Gasteiger partial charge in [0.2, 0.25) is 0 Å². The first kappa shape index (κ1) is 13.3. The van der Waals surface area contributed by atoms with E-state index in [0.717, 1.165) is 6.04 Å². The van der Waals surface area contributed by atoms with Crippen molar-refractivity contribution < 1.29 is 0 Å². The summed E-state index contributed by atoms with van der Waals surface area (Å²) in [5, 5.41) is 3.34. The van der Waals surface area contributed by atoms with E-state index in [-0.39, 0.29) is 0 Å². The van der Waals surface area contributed by atoms with Gasteiger partial charge < -0.3 is 5.32 Å². The lowest BCUT2D eigenvalue weighted by Crippen LogP contribution is -2.23. The molecule has 1 nitrogen and oxygen atoms in total. The van der Waals surface area contributed by atoms with Gasteiger partial charge in [-0.05, 0) is 44.2 Å². The van der Waals surface area contributed by atoms with Gasteiger partial charge in [-0.3, -0.25) is 0 Å². The molecule has 0 aromatic heterocycles. The second-order valence-electron chi connectivity index (χ2n) is 3.50. The molecule has 0 radical (unpaired) electrons. The summed E-state index contributed by atoms with van der Waals surface area (Å²) < 4.78 is 0. The Kier molecular flexibility index (Phi) is 10.6. The minimum absolute atomic E-state index is 0.742. The molecule has 0 aliphatic carbocycles. The van der Waals surface area contributed by atoms with Crippen LogP contribution in [0.25, 0.3) is 0 Å². The molecular weight excluding hydrogens is 178 g/mol. The molecule has 13 heavy (non-hydrogen) atoms. The van der Waals surface area contributed by atoms with Crippen LogP contribution in [0.1, 0.15) is 46.0 Å². The average molecular weight is 203 g/mol. The summed E-state index contributed by atoms with van der Waals surface area (Å²) in [5.41, 5.74) is 0. The first-order valence-electron chi connectivity index (χ1n) is 5.60. The van der Waals surface area contributed by atoms with Gasteiger partial charge in [-0.2, -0.15) is 11.8 Å². The van der Waals surface area contributed by atoms with Crippen molar-refractivity contribution in [3.8, 4) is 0 Å². The highest BCUT2D eigenvalue weighted by Crippen LogP contribution is 2.09. The van der Waals surface area contributed by atoms with Crippen LogP contribution in [0.15, 0.2) is 0 Å². The molecule has 0 fully saturated rings. The Balaban J connectivity index is 3.05. The van der Waals surface area contributed by atoms with Crippen LogP contribution in [-0.2, 0) is 0 Å². The Morgan fingerprint density at radius 3 is 2.38 bits per heavy atom. The molecule has 0 aliphatic heterocycles. The average Bonchev–Trinajstić information content (AvgIpc) is 2.17. The maximum Gasteiger partial charge on any atom is 0.00617 e. The predicted octanol–water partition coefficient (Wildman–Crippen LogP) is 3.30. The summed E-state index contributed by atoms with van der Waals surface area (Å²) in [5.74, 6) is 2.70. The maximum atomic E-state index is 3.34. The molecule has 1 N–H and O–H groups in total. The molecule has 0 heterocycles. The zero-order valence-electron chi connectivity index (χ0n) is 9.44. The summed E-state index contributed by atoms with van der Waals surface area (Å²) >= 11 is 2.11. The number of thioether (sulfide) groups is 1. The molecule has 0 spiro atoms. The third-order valence-corrected chi connectivity index (χ3v) is 3.54. The maximum absolute atomic E-state index is 3.34. The fraction of sp³-hybridized carbons (Fsp3) is 1.00. The van der Waals surface area contributed by atoms with Gasteiger partial charge in [0, 0.05) is 6.04 Å². The van der Waals surface area contributed by atoms with Crippen molar-refractivity contribution in [2.24, 2.45) is 0 Å². The molecule has 0 saturated carbocycles. The standard InChI is InChI=1S/C11H25NS/c1-4-6-9-13-10-7-8-11(5-2)12-3/h11-12H,4-10H2,1-3H3. The van der Waals surface area contributed by atoms with Gasteiger partial charge in [-0.25, -0.2) is 0 Å². The Morgan fingerprint density at radius 1 is 1.15 bits per heavy atom. The number of hydrogen-bond donors (Lipinski definition) is 1. The van der Waals surface area contributed by atoms with Gasteiger partial charge in [0.15, 0.2) is 0 Å². The van der Waals surface area contributed by atoms with Gasteiger partial charge in [-0.1, -0.05) is 20.3 Å². The van der Waals surface area contributed by atoms with Crippen LogP contribution in [0, 0.1) is 0 Å². The number of hydrogen-bond acceptors (Lipinski definition) is 2. The Morgan fingerprint density at radius 2 is 1.85 bits per heavy atom. The van der Waals surface area contributed by atoms with Gasteiger partial charge in [0.05, 0.1) is 0 Å². The molecule has 1 unspecified atom stereocenters. The normalized spacial score (nSPS) is 13.2. The SMILES string of the molecule is CCCCSCCCC(CC)NC. The molecule has 0 aromatic carbocycles. The van der Waals surface area contributed by atoms with Crippen LogP contribution >= 0.6 is 11.8 Å². The molecular formula is C11H25NS. The summed E-state index contributed by atoms with van der Waals surface area (Å²) in [6.07, 6.45) is 6.69. The Hall–Kier alpha value is 0.310. The lowest BCUT2D eigenvalue weighted by atomic mass is 10.1. The zero-order chi connectivity index (χ0) is 9.94. The summed E-state index contributed by atoms with van der Waals surface area (Å²) in [7, 11) is 2.07. The van der Waals surface area contributed by atoms with E-state index in [9.17, 15) is 0 Å². The first-order valence-corrected chi connectivity index (χ1v) is 6.75. The molecule has 0 saturated heterocycles. The molecule has 0 rings (SSSR count). The van der Waals surface area contributed by atoms with Crippen LogP contribution in [-0.4, -0.2) is 24.6 Å². The van der Waals surface area contributed by atoms with Crippen molar-refractivity contribution in [3.05, 3.63) is 0 Å². The second-order valence-corrected chi connectivity index (χ2v) is 4.73. The summed E-state index contributed by atoms with van der Waals surface area (Å²) in [6, 6.07) is 0.742. The third-order valence-electron chi connectivity index (χ3n) is 2.38. The van der Waals surface area contributed by atoms with Crippen LogP contribution in [0.2, 0.25) is 0 Å². The van der Waals surface area contributed by atoms with Crippen molar-refractivity contribution in [2.75, 3.05) is 18.6 Å². The minimum atomic E-state index is 0.742. The van der Waals surface area contributed by atoms with Gasteiger partial charge in [-0.15, -0.1) is 0 Å². The molecule has 0 amide bonds. The third kappa shape index (κ3) is 8.63. The van der Waals surface area contributed by atoms with Gasteiger partial charge >= 0.3 is 0 Å². The van der Waals surface area contributed by atoms with Crippen LogP contribution in [0.5, 0.6) is 0 Å². The van der Waals surface area contributed by atoms with E-state index in [4.69, 9.17) is 0 Å². The lowest BCUT2D eigenvalue weighted by molar-refractivity contribution is 0.504. The number of rotatable bonds is 9. The van der Waals surface area contributed by atoms with Gasteiger partial charge in [0.1, 0.15) is 0 Å². The largest absolute Gasteiger partial charge is 0.317 e. The highest BCUT2D eigenvalue weighted by atomic mass is 32.2. The Bertz CT molecular complexity index is 92.1. The van der Waals surface area contributed by atoms with Gasteiger partial charge in [0.25, 0.3) is 0 Å². The molecule has 1 atom stereocenters. The van der Waals surface area contributed by atoms with E-state index < -0.39 is 0 Å². The predicted molar refractivity (Wildman–Crippen MR) is 64.6 cm³/mol. The van der Waals surface area contributed by atoms with E-state index >= 15 is 0 Å². The highest BCUT2D eigenvalue weighted by molar-refractivity contribution is 7.99. The monoisotopic (exact) mass is 203 g/mol. The van der Waals surface area contributed by atoms with E-state index in [1.807, 2.05) is 0 Å². The van der Waals surface area contributed by atoms with Crippen molar-refractivity contribution in [1.82, 2.24) is 5.32 Å². The molecule has 80 valence electrons. The minimum Gasteiger partial charge on any atom is -0.317 e. The Labute approximate surface area is 88.1 Å². The number of nitrogens with one attached hydrogen (secondary N) is 1. The quantitative estimate of drug-likeness (QED) is 0.577. The van der Waals surface area contributed by atoms with E-state index in [1.165, 1.54) is 43.6 Å². The molecule has 2 heteroatoms. The highest BCUT2D eigenvalue weighted by Gasteiger charge is 2.01. The van der Waals surface area contributed by atoms with Crippen LogP contribution < -0.4 is 5.32 Å². The van der Waals surface area contributed by atoms with Crippen molar-refractivity contribution >= 4 is 11.8 Å². The molecule has 0 bridgehead atoms. The second kappa shape index (κ2) is 10.4. The fourth-order valence-corrected chi connectivity index (χ4v) is 2.40.